The summed E-state index contributed by atoms with van der Waals surface area (Å²) in [5.41, 5.74) is 2.06. The molecular formula is C18H27NO4. The molecule has 2 unspecified atom stereocenters. The minimum absolute atomic E-state index is 0.0835. The molecule has 1 fully saturated rings. The van der Waals surface area contributed by atoms with Gasteiger partial charge in [0.25, 0.3) is 0 Å². The highest BCUT2D eigenvalue weighted by Gasteiger charge is 2.21. The lowest BCUT2D eigenvalue weighted by Crippen LogP contribution is -2.36. The molecule has 5 heteroatoms. The van der Waals surface area contributed by atoms with Gasteiger partial charge < -0.3 is 19.1 Å². The number of rotatable bonds is 8. The van der Waals surface area contributed by atoms with Crippen molar-refractivity contribution in [2.24, 2.45) is 0 Å². The van der Waals surface area contributed by atoms with E-state index in [2.05, 4.69) is 17.0 Å². The van der Waals surface area contributed by atoms with Crippen LogP contribution in [0.15, 0.2) is 24.3 Å². The molecule has 0 N–H and O–H groups in total. The van der Waals surface area contributed by atoms with Gasteiger partial charge in [-0.25, -0.2) is 0 Å². The summed E-state index contributed by atoms with van der Waals surface area (Å²) in [7, 11) is 3.24. The fraction of sp³-hybridized carbons (Fsp3) is 0.611. The van der Waals surface area contributed by atoms with Gasteiger partial charge in [-0.15, -0.1) is 0 Å². The molecule has 1 heterocycles. The van der Waals surface area contributed by atoms with E-state index in [0.29, 0.717) is 12.8 Å². The van der Waals surface area contributed by atoms with E-state index in [-0.39, 0.29) is 11.9 Å². The van der Waals surface area contributed by atoms with Crippen molar-refractivity contribution in [2.45, 2.75) is 32.0 Å². The van der Waals surface area contributed by atoms with Gasteiger partial charge in [0.05, 0.1) is 19.3 Å². The molecule has 1 aliphatic rings. The number of ether oxygens (including phenoxy) is 3. The van der Waals surface area contributed by atoms with E-state index in [1.54, 1.807) is 14.2 Å². The standard InChI is InChI=1S/C18H27NO4/c1-14(21-2)4-9-17(20)18(22-3)15-5-7-16(8-6-15)19-10-12-23-13-11-19/h5-8,14,18H,4,9-13H2,1-3H3. The van der Waals surface area contributed by atoms with Crippen LogP contribution >= 0.6 is 0 Å². The van der Waals surface area contributed by atoms with Crippen molar-refractivity contribution in [1.29, 1.82) is 0 Å². The van der Waals surface area contributed by atoms with Gasteiger partial charge in [-0.3, -0.25) is 4.79 Å². The van der Waals surface area contributed by atoms with E-state index >= 15 is 0 Å². The Kier molecular flexibility index (Phi) is 7.02. The molecule has 0 amide bonds. The third kappa shape index (κ3) is 5.03. The minimum Gasteiger partial charge on any atom is -0.382 e. The largest absolute Gasteiger partial charge is 0.382 e. The quantitative estimate of drug-likeness (QED) is 0.736. The second-order valence-electron chi connectivity index (χ2n) is 5.86. The van der Waals surface area contributed by atoms with Gasteiger partial charge in [0.2, 0.25) is 0 Å². The maximum absolute atomic E-state index is 12.4. The Balaban J connectivity index is 1.98. The number of nitrogens with zero attached hydrogens (tertiary/aromatic N) is 1. The third-order valence-electron chi connectivity index (χ3n) is 4.30. The van der Waals surface area contributed by atoms with Crippen LogP contribution in [0.1, 0.15) is 31.4 Å². The van der Waals surface area contributed by atoms with E-state index in [1.165, 1.54) is 0 Å². The Hall–Kier alpha value is -1.43. The Labute approximate surface area is 138 Å². The van der Waals surface area contributed by atoms with Crippen molar-refractivity contribution in [3.05, 3.63) is 29.8 Å². The molecule has 0 aliphatic carbocycles. The maximum atomic E-state index is 12.4. The number of carbonyl (C=O) groups is 1. The monoisotopic (exact) mass is 321 g/mol. The molecule has 1 aromatic carbocycles. The molecule has 0 bridgehead atoms. The number of carbonyl (C=O) groups excluding carboxylic acids is 1. The molecule has 1 saturated heterocycles. The summed E-state index contributed by atoms with van der Waals surface area (Å²) in [4.78, 5) is 14.7. The Bertz CT molecular complexity index is 482. The number of hydrogen-bond donors (Lipinski definition) is 0. The number of ketones is 1. The van der Waals surface area contributed by atoms with E-state index in [0.717, 1.165) is 37.6 Å². The molecule has 0 saturated carbocycles. The number of benzene rings is 1. The lowest BCUT2D eigenvalue weighted by atomic mass is 10.0. The smallest absolute Gasteiger partial charge is 0.166 e. The van der Waals surface area contributed by atoms with E-state index in [1.807, 2.05) is 19.1 Å². The molecule has 23 heavy (non-hydrogen) atoms. The Morgan fingerprint density at radius 3 is 2.39 bits per heavy atom. The van der Waals surface area contributed by atoms with Crippen LogP contribution < -0.4 is 4.90 Å². The van der Waals surface area contributed by atoms with Gasteiger partial charge in [-0.1, -0.05) is 12.1 Å². The normalized spacial score (nSPS) is 17.8. The maximum Gasteiger partial charge on any atom is 0.166 e. The first-order chi connectivity index (χ1) is 11.2. The molecule has 2 rings (SSSR count). The number of methoxy groups -OCH3 is 2. The van der Waals surface area contributed by atoms with Crippen LogP contribution in [0.25, 0.3) is 0 Å². The molecule has 5 nitrogen and oxygen atoms in total. The zero-order valence-corrected chi connectivity index (χ0v) is 14.3. The van der Waals surface area contributed by atoms with Crippen LogP contribution in [0.5, 0.6) is 0 Å². The van der Waals surface area contributed by atoms with Crippen LogP contribution in [0.2, 0.25) is 0 Å². The summed E-state index contributed by atoms with van der Waals surface area (Å²) >= 11 is 0. The first-order valence-electron chi connectivity index (χ1n) is 8.16. The summed E-state index contributed by atoms with van der Waals surface area (Å²) in [6, 6.07) is 8.07. The zero-order valence-electron chi connectivity index (χ0n) is 14.3. The molecule has 2 atom stereocenters. The lowest BCUT2D eigenvalue weighted by molar-refractivity contribution is -0.129. The van der Waals surface area contributed by atoms with Crippen molar-refractivity contribution >= 4 is 11.5 Å². The number of hydrogen-bond acceptors (Lipinski definition) is 5. The Morgan fingerprint density at radius 2 is 1.83 bits per heavy atom. The second-order valence-corrected chi connectivity index (χ2v) is 5.86. The molecule has 0 spiro atoms. The van der Waals surface area contributed by atoms with Crippen molar-refractivity contribution in [3.63, 3.8) is 0 Å². The molecule has 1 aromatic rings. The van der Waals surface area contributed by atoms with Crippen molar-refractivity contribution in [1.82, 2.24) is 0 Å². The second kappa shape index (κ2) is 9.01. The molecule has 1 aliphatic heterocycles. The lowest BCUT2D eigenvalue weighted by Gasteiger charge is -2.29. The van der Waals surface area contributed by atoms with Gasteiger partial charge in [-0.05, 0) is 31.0 Å². The summed E-state index contributed by atoms with van der Waals surface area (Å²) in [6.45, 7) is 5.30. The first kappa shape index (κ1) is 17.9. The van der Waals surface area contributed by atoms with E-state index in [4.69, 9.17) is 14.2 Å². The average molecular weight is 321 g/mol. The molecule has 0 radical (unpaired) electrons. The average Bonchev–Trinajstić information content (AvgIpc) is 2.61. The highest BCUT2D eigenvalue weighted by atomic mass is 16.5. The summed E-state index contributed by atoms with van der Waals surface area (Å²) in [5, 5.41) is 0. The van der Waals surface area contributed by atoms with E-state index < -0.39 is 6.10 Å². The summed E-state index contributed by atoms with van der Waals surface area (Å²) in [5.74, 6) is 0.0931. The van der Waals surface area contributed by atoms with Gasteiger partial charge in [0.15, 0.2) is 5.78 Å². The highest BCUT2D eigenvalue weighted by Crippen LogP contribution is 2.24. The third-order valence-corrected chi connectivity index (χ3v) is 4.30. The van der Waals surface area contributed by atoms with Crippen LogP contribution in [-0.2, 0) is 19.0 Å². The topological polar surface area (TPSA) is 48.0 Å². The summed E-state index contributed by atoms with van der Waals surface area (Å²) in [6.07, 6.45) is 0.748. The minimum atomic E-state index is -0.502. The van der Waals surface area contributed by atoms with Crippen molar-refractivity contribution in [3.8, 4) is 0 Å². The fourth-order valence-corrected chi connectivity index (χ4v) is 2.73. The molecule has 128 valence electrons. The van der Waals surface area contributed by atoms with Crippen molar-refractivity contribution in [2.75, 3.05) is 45.4 Å². The first-order valence-corrected chi connectivity index (χ1v) is 8.16. The SMILES string of the molecule is COC(C)CCC(=O)C(OC)c1ccc(N2CCOCC2)cc1. The molecule has 0 aromatic heterocycles. The van der Waals surface area contributed by atoms with Crippen molar-refractivity contribution < 1.29 is 19.0 Å². The van der Waals surface area contributed by atoms with Gasteiger partial charge >= 0.3 is 0 Å². The molecular weight excluding hydrogens is 294 g/mol. The number of Topliss-reactive ketones (excluding diaryl/α,β-unsaturated/α-hetero) is 1. The van der Waals surface area contributed by atoms with Crippen LogP contribution in [-0.4, -0.2) is 52.4 Å². The van der Waals surface area contributed by atoms with Crippen LogP contribution in [0.3, 0.4) is 0 Å². The van der Waals surface area contributed by atoms with Crippen LogP contribution in [0, 0.1) is 0 Å². The number of anilines is 1. The predicted molar refractivity (Wildman–Crippen MR) is 89.9 cm³/mol. The Morgan fingerprint density at radius 1 is 1.17 bits per heavy atom. The summed E-state index contributed by atoms with van der Waals surface area (Å²) < 4.78 is 16.0. The van der Waals surface area contributed by atoms with Gasteiger partial charge in [-0.2, -0.15) is 0 Å². The van der Waals surface area contributed by atoms with E-state index in [9.17, 15) is 4.79 Å². The number of morpholine rings is 1. The van der Waals surface area contributed by atoms with Crippen LogP contribution in [0.4, 0.5) is 5.69 Å². The van der Waals surface area contributed by atoms with Gasteiger partial charge in [0, 0.05) is 39.4 Å². The fourth-order valence-electron chi connectivity index (χ4n) is 2.73. The highest BCUT2D eigenvalue weighted by molar-refractivity contribution is 5.84. The zero-order chi connectivity index (χ0) is 16.7. The predicted octanol–water partition coefficient (Wildman–Crippen LogP) is 2.59. The van der Waals surface area contributed by atoms with Gasteiger partial charge in [0.1, 0.15) is 6.10 Å².